The summed E-state index contributed by atoms with van der Waals surface area (Å²) in [6, 6.07) is 8.37. The number of piperazine rings is 1. The number of hydrogen-bond donors (Lipinski definition) is 1. The van der Waals surface area contributed by atoms with E-state index in [4.69, 9.17) is 4.99 Å². The van der Waals surface area contributed by atoms with E-state index < -0.39 is 0 Å². The van der Waals surface area contributed by atoms with Crippen molar-refractivity contribution in [2.45, 2.75) is 39.8 Å². The summed E-state index contributed by atoms with van der Waals surface area (Å²) in [5.74, 6) is 1.29. The average Bonchev–Trinajstić information content (AvgIpc) is 3.11. The van der Waals surface area contributed by atoms with Crippen LogP contribution in [-0.2, 0) is 22.7 Å². The van der Waals surface area contributed by atoms with E-state index in [-0.39, 0.29) is 35.8 Å². The number of hydrogen-bond acceptors (Lipinski definition) is 3. The molecular weight excluding hydrogens is 481 g/mol. The largest absolute Gasteiger partial charge is 0.357 e. The summed E-state index contributed by atoms with van der Waals surface area (Å²) in [7, 11) is 0. The lowest BCUT2D eigenvalue weighted by Gasteiger charge is -2.36. The highest BCUT2D eigenvalue weighted by Gasteiger charge is 2.21. The summed E-state index contributed by atoms with van der Waals surface area (Å²) in [5, 5.41) is 3.36. The van der Waals surface area contributed by atoms with Crippen molar-refractivity contribution < 1.29 is 9.59 Å². The van der Waals surface area contributed by atoms with Gasteiger partial charge >= 0.3 is 0 Å². The molecule has 2 fully saturated rings. The molecule has 7 nitrogen and oxygen atoms in total. The molecule has 2 amide bonds. The van der Waals surface area contributed by atoms with Crippen molar-refractivity contribution in [3.63, 3.8) is 0 Å². The maximum atomic E-state index is 11.8. The van der Waals surface area contributed by atoms with Crippen LogP contribution >= 0.6 is 24.0 Å². The molecule has 8 heteroatoms. The third-order valence-corrected chi connectivity index (χ3v) is 5.34. The number of carbonyl (C=O) groups excluding carboxylic acids is 2. The third-order valence-electron chi connectivity index (χ3n) is 5.34. The summed E-state index contributed by atoms with van der Waals surface area (Å²) in [6.07, 6.45) is 1.65. The van der Waals surface area contributed by atoms with Gasteiger partial charge in [-0.2, -0.15) is 0 Å². The number of benzene rings is 1. The van der Waals surface area contributed by atoms with Crippen molar-refractivity contribution in [2.24, 2.45) is 4.99 Å². The van der Waals surface area contributed by atoms with E-state index in [0.29, 0.717) is 19.5 Å². The zero-order valence-corrected chi connectivity index (χ0v) is 19.7. The van der Waals surface area contributed by atoms with Crippen LogP contribution in [0.15, 0.2) is 29.3 Å². The van der Waals surface area contributed by atoms with E-state index >= 15 is 0 Å². The van der Waals surface area contributed by atoms with Gasteiger partial charge in [0.15, 0.2) is 5.96 Å². The maximum absolute atomic E-state index is 11.8. The Morgan fingerprint density at radius 3 is 2.21 bits per heavy atom. The molecule has 0 saturated carbocycles. The van der Waals surface area contributed by atoms with Gasteiger partial charge in [-0.05, 0) is 24.5 Å². The molecule has 2 aliphatic heterocycles. The van der Waals surface area contributed by atoms with Crippen molar-refractivity contribution in [2.75, 3.05) is 39.3 Å². The van der Waals surface area contributed by atoms with E-state index in [1.165, 1.54) is 0 Å². The first-order valence-corrected chi connectivity index (χ1v) is 10.2. The van der Waals surface area contributed by atoms with Gasteiger partial charge in [-0.25, -0.2) is 4.99 Å². The molecule has 0 aliphatic carbocycles. The van der Waals surface area contributed by atoms with Gasteiger partial charge in [-0.3, -0.25) is 9.59 Å². The number of nitrogens with one attached hydrogen (secondary N) is 1. The predicted octanol–water partition coefficient (Wildman–Crippen LogP) is 2.06. The molecule has 3 rings (SSSR count). The SMILES string of the molecule is CCNC(=NCc1ccc(CN2CCCC2=O)cc1)N1CCN(C(C)=O)CC1.I. The van der Waals surface area contributed by atoms with E-state index in [2.05, 4.69) is 41.4 Å². The Hall–Kier alpha value is -1.84. The first kappa shape index (κ1) is 23.4. The fourth-order valence-electron chi connectivity index (χ4n) is 3.67. The van der Waals surface area contributed by atoms with Gasteiger partial charge in [-0.1, -0.05) is 24.3 Å². The van der Waals surface area contributed by atoms with Crippen molar-refractivity contribution in [3.8, 4) is 0 Å². The molecule has 1 aromatic rings. The van der Waals surface area contributed by atoms with Crippen LogP contribution in [-0.4, -0.2) is 71.7 Å². The molecule has 2 heterocycles. The number of guanidine groups is 1. The first-order chi connectivity index (χ1) is 13.6. The van der Waals surface area contributed by atoms with Crippen molar-refractivity contribution >= 4 is 41.8 Å². The normalized spacial score (nSPS) is 17.4. The van der Waals surface area contributed by atoms with Crippen LogP contribution < -0.4 is 5.32 Å². The van der Waals surface area contributed by atoms with Gasteiger partial charge in [0.2, 0.25) is 11.8 Å². The number of nitrogens with zero attached hydrogens (tertiary/aromatic N) is 4. The van der Waals surface area contributed by atoms with Gasteiger partial charge < -0.3 is 20.0 Å². The van der Waals surface area contributed by atoms with Gasteiger partial charge in [0, 0.05) is 59.2 Å². The van der Waals surface area contributed by atoms with Crippen LogP contribution in [0.3, 0.4) is 0 Å². The van der Waals surface area contributed by atoms with Crippen LogP contribution in [0.1, 0.15) is 37.8 Å². The molecule has 0 spiro atoms. The average molecular weight is 513 g/mol. The lowest BCUT2D eigenvalue weighted by atomic mass is 10.1. The summed E-state index contributed by atoms with van der Waals surface area (Å²) in [5.41, 5.74) is 2.31. The topological polar surface area (TPSA) is 68.2 Å². The quantitative estimate of drug-likeness (QED) is 0.372. The maximum Gasteiger partial charge on any atom is 0.222 e. The van der Waals surface area contributed by atoms with Crippen molar-refractivity contribution in [3.05, 3.63) is 35.4 Å². The van der Waals surface area contributed by atoms with Crippen molar-refractivity contribution in [1.82, 2.24) is 20.0 Å². The second-order valence-corrected chi connectivity index (χ2v) is 7.40. The Balaban J connectivity index is 0.00000300. The Kier molecular flexibility index (Phi) is 9.19. The highest BCUT2D eigenvalue weighted by atomic mass is 127. The highest BCUT2D eigenvalue weighted by Crippen LogP contribution is 2.15. The summed E-state index contributed by atoms with van der Waals surface area (Å²) < 4.78 is 0. The van der Waals surface area contributed by atoms with Gasteiger partial charge in [0.05, 0.1) is 6.54 Å². The number of likely N-dealkylation sites (tertiary alicyclic amines) is 1. The van der Waals surface area contributed by atoms with Crippen LogP contribution in [0.4, 0.5) is 0 Å². The Morgan fingerprint density at radius 2 is 1.66 bits per heavy atom. The number of carbonyl (C=O) groups is 2. The standard InChI is InChI=1S/C21H31N5O2.HI/c1-3-22-21(25-13-11-24(12-14-25)17(2)27)23-15-18-6-8-19(9-7-18)16-26-10-4-5-20(26)28;/h6-9H,3-5,10-16H2,1-2H3,(H,22,23);1H. The Bertz CT molecular complexity index is 714. The van der Waals surface area contributed by atoms with Crippen LogP contribution in [0.2, 0.25) is 0 Å². The molecular formula is C21H32IN5O2. The fourth-order valence-corrected chi connectivity index (χ4v) is 3.67. The molecule has 0 unspecified atom stereocenters. The number of rotatable bonds is 5. The number of amides is 2. The van der Waals surface area contributed by atoms with E-state index in [0.717, 1.165) is 62.8 Å². The Labute approximate surface area is 190 Å². The first-order valence-electron chi connectivity index (χ1n) is 10.2. The summed E-state index contributed by atoms with van der Waals surface area (Å²) in [4.78, 5) is 34.1. The van der Waals surface area contributed by atoms with Crippen LogP contribution in [0.5, 0.6) is 0 Å². The predicted molar refractivity (Wildman–Crippen MR) is 125 cm³/mol. The minimum atomic E-state index is 0. The van der Waals surface area contributed by atoms with E-state index in [1.807, 2.05) is 9.80 Å². The van der Waals surface area contributed by atoms with E-state index in [9.17, 15) is 9.59 Å². The lowest BCUT2D eigenvalue weighted by Crippen LogP contribution is -2.53. The smallest absolute Gasteiger partial charge is 0.222 e. The van der Waals surface area contributed by atoms with Gasteiger partial charge in [0.1, 0.15) is 0 Å². The molecule has 160 valence electrons. The molecule has 2 aliphatic rings. The minimum absolute atomic E-state index is 0. The second-order valence-electron chi connectivity index (χ2n) is 7.40. The second kappa shape index (κ2) is 11.4. The molecule has 1 aromatic carbocycles. The molecule has 0 bridgehead atoms. The van der Waals surface area contributed by atoms with E-state index in [1.54, 1.807) is 6.92 Å². The lowest BCUT2D eigenvalue weighted by molar-refractivity contribution is -0.130. The molecule has 0 radical (unpaired) electrons. The third kappa shape index (κ3) is 6.58. The summed E-state index contributed by atoms with van der Waals surface area (Å²) in [6.45, 7) is 9.76. The fraction of sp³-hybridized carbons (Fsp3) is 0.571. The van der Waals surface area contributed by atoms with Gasteiger partial charge in [0.25, 0.3) is 0 Å². The number of halogens is 1. The number of aliphatic imine (C=N–C) groups is 1. The molecule has 0 atom stereocenters. The zero-order chi connectivity index (χ0) is 19.9. The monoisotopic (exact) mass is 513 g/mol. The minimum Gasteiger partial charge on any atom is -0.357 e. The molecule has 0 aromatic heterocycles. The van der Waals surface area contributed by atoms with Crippen LogP contribution in [0.25, 0.3) is 0 Å². The van der Waals surface area contributed by atoms with Gasteiger partial charge in [-0.15, -0.1) is 24.0 Å². The highest BCUT2D eigenvalue weighted by molar-refractivity contribution is 14.0. The molecule has 29 heavy (non-hydrogen) atoms. The Morgan fingerprint density at radius 1 is 1.03 bits per heavy atom. The molecule has 2 saturated heterocycles. The van der Waals surface area contributed by atoms with Crippen LogP contribution in [0, 0.1) is 0 Å². The molecule has 1 N–H and O–H groups in total. The summed E-state index contributed by atoms with van der Waals surface area (Å²) >= 11 is 0. The van der Waals surface area contributed by atoms with Crippen molar-refractivity contribution in [1.29, 1.82) is 0 Å². The zero-order valence-electron chi connectivity index (χ0n) is 17.4.